The van der Waals surface area contributed by atoms with Gasteiger partial charge in [-0.25, -0.2) is 4.79 Å². The topological polar surface area (TPSA) is 144 Å². The van der Waals surface area contributed by atoms with Gasteiger partial charge >= 0.3 is 12.1 Å². The molecule has 1 amide bonds. The Balaban J connectivity index is 0.000000673. The van der Waals surface area contributed by atoms with E-state index in [9.17, 15) is 18.0 Å². The van der Waals surface area contributed by atoms with Gasteiger partial charge in [-0.15, -0.1) is 0 Å². The Labute approximate surface area is 226 Å². The van der Waals surface area contributed by atoms with Crippen LogP contribution < -0.4 is 26.2 Å². The van der Waals surface area contributed by atoms with E-state index in [0.717, 1.165) is 37.3 Å². The molecule has 1 aliphatic heterocycles. The minimum absolute atomic E-state index is 0.0928. The molecule has 0 unspecified atom stereocenters. The van der Waals surface area contributed by atoms with Crippen LogP contribution in [0.3, 0.4) is 0 Å². The van der Waals surface area contributed by atoms with Crippen LogP contribution in [-0.4, -0.2) is 77.4 Å². The number of aromatic nitrogens is 3. The van der Waals surface area contributed by atoms with Gasteiger partial charge in [0.05, 0.1) is 0 Å². The number of aliphatic carboxylic acids is 1. The smallest absolute Gasteiger partial charge is 0.475 e. The molecule has 0 aliphatic carbocycles. The summed E-state index contributed by atoms with van der Waals surface area (Å²) in [6.45, 7) is 13.7. The van der Waals surface area contributed by atoms with Gasteiger partial charge in [0.2, 0.25) is 17.8 Å². The largest absolute Gasteiger partial charge is 0.490 e. The zero-order valence-electron chi connectivity index (χ0n) is 23.0. The summed E-state index contributed by atoms with van der Waals surface area (Å²) in [4.78, 5) is 37.2. The van der Waals surface area contributed by atoms with Crippen LogP contribution in [0.4, 0.5) is 36.7 Å². The minimum Gasteiger partial charge on any atom is -0.475 e. The van der Waals surface area contributed by atoms with Crippen LogP contribution >= 0.6 is 0 Å². The predicted octanol–water partition coefficient (Wildman–Crippen LogP) is 3.56. The molecule has 2 heterocycles. The van der Waals surface area contributed by atoms with Crippen LogP contribution in [0.5, 0.6) is 0 Å². The molecule has 216 valence electrons. The fourth-order valence-corrected chi connectivity index (χ4v) is 3.68. The Morgan fingerprint density at radius 2 is 1.79 bits per heavy atom. The lowest BCUT2D eigenvalue weighted by Gasteiger charge is -2.27. The molecule has 14 heteroatoms. The Morgan fingerprint density at radius 1 is 1.15 bits per heavy atom. The van der Waals surface area contributed by atoms with Crippen LogP contribution in [0.25, 0.3) is 0 Å². The van der Waals surface area contributed by atoms with E-state index in [0.29, 0.717) is 30.0 Å². The van der Waals surface area contributed by atoms with Crippen molar-refractivity contribution in [1.82, 2.24) is 25.6 Å². The van der Waals surface area contributed by atoms with Crippen molar-refractivity contribution in [2.75, 3.05) is 48.8 Å². The molecule has 0 bridgehead atoms. The zero-order chi connectivity index (χ0) is 29.4. The zero-order valence-corrected chi connectivity index (χ0v) is 23.0. The number of carboxylic acids is 1. The molecule has 2 aromatic rings. The molecule has 0 saturated carbocycles. The summed E-state index contributed by atoms with van der Waals surface area (Å²) >= 11 is 0. The van der Waals surface area contributed by atoms with E-state index >= 15 is 0 Å². The van der Waals surface area contributed by atoms with Crippen LogP contribution in [-0.2, 0) is 4.79 Å². The van der Waals surface area contributed by atoms with Gasteiger partial charge in [0, 0.05) is 44.0 Å². The molecule has 3 rings (SSSR count). The maximum Gasteiger partial charge on any atom is 0.490 e. The van der Waals surface area contributed by atoms with Gasteiger partial charge in [-0.3, -0.25) is 4.79 Å². The van der Waals surface area contributed by atoms with Crippen molar-refractivity contribution < 1.29 is 27.9 Å². The van der Waals surface area contributed by atoms with Crippen LogP contribution in [0, 0.1) is 12.3 Å². The molecule has 1 saturated heterocycles. The second-order valence-corrected chi connectivity index (χ2v) is 10.4. The van der Waals surface area contributed by atoms with Crippen molar-refractivity contribution in [3.8, 4) is 0 Å². The highest BCUT2D eigenvalue weighted by Crippen LogP contribution is 2.24. The third-order valence-electron chi connectivity index (χ3n) is 5.40. The van der Waals surface area contributed by atoms with Gasteiger partial charge in [-0.1, -0.05) is 26.8 Å². The molecule has 11 nitrogen and oxygen atoms in total. The SMILES string of the molecule is CCNC(=O)c1ccc(C)c(Nc2nc(N[C@@H]3CCNC3)nc(N(C)CC(C)(C)C)n2)c1.O=C(O)C(F)(F)F. The van der Waals surface area contributed by atoms with Crippen molar-refractivity contribution >= 4 is 35.4 Å². The normalized spacial score (nSPS) is 15.2. The van der Waals surface area contributed by atoms with Gasteiger partial charge < -0.3 is 31.3 Å². The van der Waals surface area contributed by atoms with Crippen molar-refractivity contribution in [2.24, 2.45) is 5.41 Å². The first-order valence-corrected chi connectivity index (χ1v) is 12.5. The third-order valence-corrected chi connectivity index (χ3v) is 5.40. The first kappa shape index (κ1) is 31.5. The Kier molecular flexibility index (Phi) is 10.8. The Hall–Kier alpha value is -3.68. The van der Waals surface area contributed by atoms with Gasteiger partial charge in [0.1, 0.15) is 0 Å². The first-order chi connectivity index (χ1) is 18.1. The number of nitrogens with one attached hydrogen (secondary N) is 4. The van der Waals surface area contributed by atoms with Crippen molar-refractivity contribution in [2.45, 2.75) is 53.3 Å². The van der Waals surface area contributed by atoms with Crippen molar-refractivity contribution in [3.05, 3.63) is 29.3 Å². The number of hydrogen-bond donors (Lipinski definition) is 5. The summed E-state index contributed by atoms with van der Waals surface area (Å²) in [5.74, 6) is -1.27. The van der Waals surface area contributed by atoms with Crippen LogP contribution in [0.15, 0.2) is 18.2 Å². The predicted molar refractivity (Wildman–Crippen MR) is 144 cm³/mol. The molecule has 0 spiro atoms. The van der Waals surface area contributed by atoms with Gasteiger partial charge in [0.25, 0.3) is 5.91 Å². The number of benzene rings is 1. The number of anilines is 4. The molecular weight excluding hydrogens is 517 g/mol. The Morgan fingerprint density at radius 3 is 2.33 bits per heavy atom. The third kappa shape index (κ3) is 10.5. The second kappa shape index (κ2) is 13.4. The number of amides is 1. The standard InChI is InChI=1S/C23H36N8O.C2HF3O2/c1-7-25-19(32)16-9-8-15(2)18(12-16)27-21-28-20(26-17-10-11-24-13-17)29-22(30-21)31(6)14-23(3,4)5;3-2(4,5)1(6)7/h8-9,12,17,24H,7,10-11,13-14H2,1-6H3,(H,25,32)(H2,26,27,28,29,30);(H,6,7)/t17-;/m1./s1. The molecule has 0 radical (unpaired) electrons. The summed E-state index contributed by atoms with van der Waals surface area (Å²) in [6.07, 6.45) is -4.06. The quantitative estimate of drug-likeness (QED) is 0.328. The highest BCUT2D eigenvalue weighted by molar-refractivity contribution is 5.95. The maximum atomic E-state index is 12.3. The first-order valence-electron chi connectivity index (χ1n) is 12.5. The van der Waals surface area contributed by atoms with E-state index < -0.39 is 12.1 Å². The number of aryl methyl sites for hydroxylation is 1. The second-order valence-electron chi connectivity index (χ2n) is 10.4. The maximum absolute atomic E-state index is 12.3. The molecular formula is C25H37F3N8O3. The fourth-order valence-electron chi connectivity index (χ4n) is 3.68. The molecule has 1 aromatic carbocycles. The molecule has 1 aliphatic rings. The van der Waals surface area contributed by atoms with E-state index in [1.165, 1.54) is 0 Å². The van der Waals surface area contributed by atoms with E-state index in [-0.39, 0.29) is 17.4 Å². The summed E-state index contributed by atoms with van der Waals surface area (Å²) < 4.78 is 31.7. The van der Waals surface area contributed by atoms with E-state index in [2.05, 4.69) is 57.0 Å². The highest BCUT2D eigenvalue weighted by atomic mass is 19.4. The van der Waals surface area contributed by atoms with Crippen LogP contribution in [0.1, 0.15) is 50.0 Å². The highest BCUT2D eigenvalue weighted by Gasteiger charge is 2.38. The van der Waals surface area contributed by atoms with E-state index in [4.69, 9.17) is 9.90 Å². The van der Waals surface area contributed by atoms with Crippen LogP contribution in [0.2, 0.25) is 0 Å². The van der Waals surface area contributed by atoms with Gasteiger partial charge in [-0.05, 0) is 49.9 Å². The number of carbonyl (C=O) groups is 2. The Bertz CT molecular complexity index is 1130. The summed E-state index contributed by atoms with van der Waals surface area (Å²) in [5.41, 5.74) is 2.47. The van der Waals surface area contributed by atoms with Crippen molar-refractivity contribution in [1.29, 1.82) is 0 Å². The molecule has 1 fully saturated rings. The number of carboxylic acid groups (broad SMARTS) is 1. The lowest BCUT2D eigenvalue weighted by molar-refractivity contribution is -0.192. The summed E-state index contributed by atoms with van der Waals surface area (Å²) in [5, 5.41) is 20.1. The summed E-state index contributed by atoms with van der Waals surface area (Å²) in [7, 11) is 1.99. The van der Waals surface area contributed by atoms with E-state index in [1.54, 1.807) is 0 Å². The molecule has 1 aromatic heterocycles. The fraction of sp³-hybridized carbons (Fsp3) is 0.560. The average molecular weight is 555 g/mol. The number of hydrogen-bond acceptors (Lipinski definition) is 9. The number of carbonyl (C=O) groups excluding carboxylic acids is 1. The monoisotopic (exact) mass is 554 g/mol. The molecule has 5 N–H and O–H groups in total. The number of rotatable bonds is 8. The number of nitrogens with zero attached hydrogens (tertiary/aromatic N) is 4. The van der Waals surface area contributed by atoms with Gasteiger partial charge in [0.15, 0.2) is 0 Å². The lowest BCUT2D eigenvalue weighted by atomic mass is 9.96. The van der Waals surface area contributed by atoms with Gasteiger partial charge in [-0.2, -0.15) is 28.1 Å². The summed E-state index contributed by atoms with van der Waals surface area (Å²) in [6, 6.07) is 5.86. The number of halogens is 3. The van der Waals surface area contributed by atoms with E-state index in [1.807, 2.05) is 44.0 Å². The molecule has 1 atom stereocenters. The van der Waals surface area contributed by atoms with Crippen molar-refractivity contribution in [3.63, 3.8) is 0 Å². The average Bonchev–Trinajstić information content (AvgIpc) is 3.32. The lowest BCUT2D eigenvalue weighted by Crippen LogP contribution is -2.31. The molecule has 39 heavy (non-hydrogen) atoms. The number of alkyl halides is 3. The minimum atomic E-state index is -5.08.